The maximum absolute atomic E-state index is 13.4. The Labute approximate surface area is 96.8 Å². The van der Waals surface area contributed by atoms with Gasteiger partial charge in [-0.25, -0.2) is 8.78 Å². The number of hydrogen-bond acceptors (Lipinski definition) is 1. The molecule has 1 aromatic carbocycles. The number of thiol groups is 1. The van der Waals surface area contributed by atoms with E-state index in [4.69, 9.17) is 11.6 Å². The molecule has 82 valence electrons. The van der Waals surface area contributed by atoms with Crippen molar-refractivity contribution in [1.82, 2.24) is 0 Å². The van der Waals surface area contributed by atoms with Crippen LogP contribution in [-0.4, -0.2) is 5.12 Å². The minimum Gasteiger partial charge on any atom is -0.288 e. The molecule has 0 radical (unpaired) electrons. The predicted octanol–water partition coefficient (Wildman–Crippen LogP) is 3.67. The average Bonchev–Trinajstić information content (AvgIpc) is 2.16. The highest BCUT2D eigenvalue weighted by atomic mass is 35.5. The molecule has 0 aliphatic rings. The summed E-state index contributed by atoms with van der Waals surface area (Å²) in [5.74, 6) is -3.01. The molecule has 0 aliphatic carbocycles. The Morgan fingerprint density at radius 1 is 1.33 bits per heavy atom. The molecule has 5 heteroatoms. The summed E-state index contributed by atoms with van der Waals surface area (Å²) in [5, 5.41) is -0.136. The molecular weight excluding hydrogens is 242 g/mol. The van der Waals surface area contributed by atoms with E-state index in [-0.39, 0.29) is 12.0 Å². The van der Waals surface area contributed by atoms with Crippen LogP contribution in [0.1, 0.15) is 18.4 Å². The molecule has 0 amide bonds. The maximum Gasteiger partial charge on any atom is 0.273 e. The second-order valence-electron chi connectivity index (χ2n) is 3.11. The van der Waals surface area contributed by atoms with Crippen molar-refractivity contribution >= 4 is 29.3 Å². The third-order valence-electron chi connectivity index (χ3n) is 1.92. The fraction of sp³-hybridized carbons (Fsp3) is 0.300. The number of rotatable bonds is 4. The molecule has 1 aromatic rings. The van der Waals surface area contributed by atoms with E-state index in [9.17, 15) is 13.6 Å². The van der Waals surface area contributed by atoms with Crippen molar-refractivity contribution in [3.05, 3.63) is 34.9 Å². The van der Waals surface area contributed by atoms with Crippen LogP contribution in [-0.2, 0) is 10.7 Å². The van der Waals surface area contributed by atoms with E-state index >= 15 is 0 Å². The molecular formula is C10H9ClF2OS. The summed E-state index contributed by atoms with van der Waals surface area (Å²) in [6, 6.07) is 5.30. The molecule has 15 heavy (non-hydrogen) atoms. The number of benzene rings is 1. The van der Waals surface area contributed by atoms with E-state index < -0.39 is 17.5 Å². The molecule has 0 fully saturated rings. The smallest absolute Gasteiger partial charge is 0.273 e. The lowest BCUT2D eigenvalue weighted by molar-refractivity contribution is -0.113. The van der Waals surface area contributed by atoms with Gasteiger partial charge in [-0.2, -0.15) is 0 Å². The molecule has 0 bridgehead atoms. The Balaban J connectivity index is 2.76. The lowest BCUT2D eigenvalue weighted by Gasteiger charge is -2.15. The SMILES string of the molecule is O=C(S)CCC(F)(F)c1ccc(Cl)cc1. The third kappa shape index (κ3) is 3.80. The zero-order valence-corrected chi connectivity index (χ0v) is 9.36. The van der Waals surface area contributed by atoms with Crippen LogP contribution in [0, 0.1) is 0 Å². The molecule has 0 saturated heterocycles. The molecule has 0 heterocycles. The van der Waals surface area contributed by atoms with Gasteiger partial charge in [0.25, 0.3) is 5.92 Å². The second-order valence-corrected chi connectivity index (χ2v) is 4.04. The topological polar surface area (TPSA) is 17.1 Å². The third-order valence-corrected chi connectivity index (χ3v) is 2.39. The molecule has 0 unspecified atom stereocenters. The molecule has 0 spiro atoms. The second kappa shape index (κ2) is 4.94. The number of alkyl halides is 2. The highest BCUT2D eigenvalue weighted by Crippen LogP contribution is 2.33. The van der Waals surface area contributed by atoms with Crippen molar-refractivity contribution in [3.63, 3.8) is 0 Å². The van der Waals surface area contributed by atoms with Crippen LogP contribution in [0.15, 0.2) is 24.3 Å². The number of carbonyl (C=O) groups is 1. The number of carbonyl (C=O) groups excluding carboxylic acids is 1. The monoisotopic (exact) mass is 250 g/mol. The average molecular weight is 251 g/mol. The lowest BCUT2D eigenvalue weighted by Crippen LogP contribution is -2.14. The van der Waals surface area contributed by atoms with Crippen molar-refractivity contribution in [1.29, 1.82) is 0 Å². The van der Waals surface area contributed by atoms with Gasteiger partial charge in [0.05, 0.1) is 0 Å². The first-order chi connectivity index (χ1) is 6.92. The Kier molecular flexibility index (Phi) is 4.11. The number of hydrogen-bond donors (Lipinski definition) is 1. The van der Waals surface area contributed by atoms with Gasteiger partial charge in [-0.05, 0) is 12.1 Å². The van der Waals surface area contributed by atoms with Gasteiger partial charge in [-0.15, -0.1) is 12.6 Å². The Hall–Kier alpha value is -0.610. The van der Waals surface area contributed by atoms with Gasteiger partial charge < -0.3 is 0 Å². The first-order valence-corrected chi connectivity index (χ1v) is 5.10. The standard InChI is InChI=1S/C10H9ClF2OS/c11-8-3-1-7(2-4-8)10(12,13)6-5-9(14)15/h1-4H,5-6H2,(H,14,15). The zero-order valence-electron chi connectivity index (χ0n) is 7.71. The van der Waals surface area contributed by atoms with Crippen molar-refractivity contribution in [2.45, 2.75) is 18.8 Å². The largest absolute Gasteiger partial charge is 0.288 e. The Bertz CT molecular complexity index is 351. The molecule has 0 aliphatic heterocycles. The van der Waals surface area contributed by atoms with E-state index in [1.165, 1.54) is 24.3 Å². The maximum atomic E-state index is 13.4. The lowest BCUT2D eigenvalue weighted by atomic mass is 10.0. The van der Waals surface area contributed by atoms with Crippen LogP contribution < -0.4 is 0 Å². The van der Waals surface area contributed by atoms with Crippen LogP contribution in [0.5, 0.6) is 0 Å². The van der Waals surface area contributed by atoms with Crippen LogP contribution >= 0.6 is 24.2 Å². The molecule has 0 aromatic heterocycles. The summed E-state index contributed by atoms with van der Waals surface area (Å²) in [7, 11) is 0. The van der Waals surface area contributed by atoms with E-state index in [2.05, 4.69) is 12.6 Å². The van der Waals surface area contributed by atoms with E-state index in [0.717, 1.165) is 0 Å². The van der Waals surface area contributed by atoms with Crippen molar-refractivity contribution < 1.29 is 13.6 Å². The van der Waals surface area contributed by atoms with Gasteiger partial charge in [-0.1, -0.05) is 23.7 Å². The van der Waals surface area contributed by atoms with Gasteiger partial charge in [-0.3, -0.25) is 4.79 Å². The first-order valence-electron chi connectivity index (χ1n) is 4.27. The quantitative estimate of drug-likeness (QED) is 0.807. The van der Waals surface area contributed by atoms with E-state index in [1.54, 1.807) is 0 Å². The summed E-state index contributed by atoms with van der Waals surface area (Å²) >= 11 is 9.02. The highest BCUT2D eigenvalue weighted by molar-refractivity contribution is 7.96. The van der Waals surface area contributed by atoms with Gasteiger partial charge in [0.15, 0.2) is 5.12 Å². The first kappa shape index (κ1) is 12.5. The zero-order chi connectivity index (χ0) is 11.5. The van der Waals surface area contributed by atoms with Gasteiger partial charge in [0.1, 0.15) is 0 Å². The summed E-state index contributed by atoms with van der Waals surface area (Å²) < 4.78 is 26.8. The van der Waals surface area contributed by atoms with Crippen molar-refractivity contribution in [3.8, 4) is 0 Å². The predicted molar refractivity (Wildman–Crippen MR) is 58.6 cm³/mol. The molecule has 0 atom stereocenters. The fourth-order valence-corrected chi connectivity index (χ4v) is 1.34. The Morgan fingerprint density at radius 2 is 1.87 bits per heavy atom. The number of halogens is 3. The van der Waals surface area contributed by atoms with Gasteiger partial charge in [0.2, 0.25) is 0 Å². The minimum absolute atomic E-state index is 0.138. The van der Waals surface area contributed by atoms with Crippen LogP contribution in [0.2, 0.25) is 5.02 Å². The van der Waals surface area contributed by atoms with Gasteiger partial charge >= 0.3 is 0 Å². The van der Waals surface area contributed by atoms with Crippen molar-refractivity contribution in [2.75, 3.05) is 0 Å². The normalized spacial score (nSPS) is 11.5. The molecule has 0 N–H and O–H groups in total. The summed E-state index contributed by atoms with van der Waals surface area (Å²) in [6.45, 7) is 0. The summed E-state index contributed by atoms with van der Waals surface area (Å²) in [6.07, 6.45) is -0.782. The van der Waals surface area contributed by atoms with Crippen LogP contribution in [0.3, 0.4) is 0 Å². The van der Waals surface area contributed by atoms with Crippen LogP contribution in [0.25, 0.3) is 0 Å². The van der Waals surface area contributed by atoms with Crippen molar-refractivity contribution in [2.24, 2.45) is 0 Å². The molecule has 1 nitrogen and oxygen atoms in total. The highest BCUT2D eigenvalue weighted by Gasteiger charge is 2.31. The minimum atomic E-state index is -3.01. The van der Waals surface area contributed by atoms with Gasteiger partial charge in [0, 0.05) is 23.4 Å². The van der Waals surface area contributed by atoms with Crippen LogP contribution in [0.4, 0.5) is 8.78 Å². The fourth-order valence-electron chi connectivity index (χ4n) is 1.10. The summed E-state index contributed by atoms with van der Waals surface area (Å²) in [4.78, 5) is 10.5. The Morgan fingerprint density at radius 3 is 2.33 bits per heavy atom. The van der Waals surface area contributed by atoms with E-state index in [1.807, 2.05) is 0 Å². The molecule has 1 rings (SSSR count). The summed E-state index contributed by atoms with van der Waals surface area (Å²) in [5.41, 5.74) is -0.138. The molecule has 0 saturated carbocycles. The van der Waals surface area contributed by atoms with E-state index in [0.29, 0.717) is 5.02 Å².